The van der Waals surface area contributed by atoms with Crippen LogP contribution in [-0.2, 0) is 22.4 Å². The molecule has 0 unspecified atom stereocenters. The van der Waals surface area contributed by atoms with E-state index in [1.165, 1.54) is 0 Å². The Hall–Kier alpha value is -3.78. The predicted molar refractivity (Wildman–Crippen MR) is 155 cm³/mol. The van der Waals surface area contributed by atoms with E-state index < -0.39 is 11.7 Å². The number of hydrogen-bond donors (Lipinski definition) is 1. The van der Waals surface area contributed by atoms with Crippen LogP contribution in [0.5, 0.6) is 0 Å². The van der Waals surface area contributed by atoms with Crippen LogP contribution in [0, 0.1) is 0 Å². The van der Waals surface area contributed by atoms with Gasteiger partial charge >= 0.3 is 12.1 Å². The maximum absolute atomic E-state index is 13.0. The zero-order valence-electron chi connectivity index (χ0n) is 23.5. The van der Waals surface area contributed by atoms with Gasteiger partial charge in [-0.1, -0.05) is 36.7 Å². The molecule has 1 amide bonds. The molecule has 2 aromatic heterocycles. The highest BCUT2D eigenvalue weighted by molar-refractivity contribution is 6.38. The van der Waals surface area contributed by atoms with E-state index in [0.29, 0.717) is 58.8 Å². The first-order chi connectivity index (χ1) is 19.1. The number of imidazole rings is 1. The Morgan fingerprint density at radius 1 is 1.15 bits per heavy atom. The lowest BCUT2D eigenvalue weighted by atomic mass is 10.1. The van der Waals surface area contributed by atoms with E-state index >= 15 is 0 Å². The predicted octanol–water partition coefficient (Wildman–Crippen LogP) is 7.96. The third-order valence-corrected chi connectivity index (χ3v) is 7.04. The summed E-state index contributed by atoms with van der Waals surface area (Å²) in [5.41, 5.74) is 3.47. The molecule has 2 heterocycles. The van der Waals surface area contributed by atoms with Crippen molar-refractivity contribution in [1.29, 1.82) is 0 Å². The van der Waals surface area contributed by atoms with Gasteiger partial charge in [0.25, 0.3) is 0 Å². The van der Waals surface area contributed by atoms with Crippen molar-refractivity contribution in [3.63, 3.8) is 0 Å². The van der Waals surface area contributed by atoms with Gasteiger partial charge in [0.2, 0.25) is 0 Å². The van der Waals surface area contributed by atoms with Gasteiger partial charge in [0.1, 0.15) is 17.0 Å². The van der Waals surface area contributed by atoms with E-state index in [9.17, 15) is 9.59 Å². The molecule has 210 valence electrons. The molecule has 0 spiro atoms. The smallest absolute Gasteiger partial charge is 0.412 e. The number of ether oxygens (including phenoxy) is 2. The normalized spacial score (nSPS) is 13.4. The molecular formula is C31H34ClN3O5. The molecule has 1 fully saturated rings. The van der Waals surface area contributed by atoms with Crippen molar-refractivity contribution in [2.24, 2.45) is 0 Å². The molecule has 1 saturated carbocycles. The SMILES string of the molecule is CCOC(=O)c1c(C2CC2)nc(CC)n1Cc1ccc2oc(-c3ccccc3NC(=O)OC(C)(C)C)c(Cl)c2c1. The number of nitrogens with zero attached hydrogens (tertiary/aromatic N) is 2. The quantitative estimate of drug-likeness (QED) is 0.218. The van der Waals surface area contributed by atoms with Crippen LogP contribution in [0.15, 0.2) is 46.9 Å². The Kier molecular flexibility index (Phi) is 7.64. The minimum Gasteiger partial charge on any atom is -0.461 e. The van der Waals surface area contributed by atoms with Crippen molar-refractivity contribution in [2.75, 3.05) is 11.9 Å². The summed E-state index contributed by atoms with van der Waals surface area (Å²) in [6.45, 7) is 10.0. The molecule has 40 heavy (non-hydrogen) atoms. The molecule has 0 saturated heterocycles. The standard InChI is InChI=1S/C31H34ClN3O5/c1-6-24-34-26(19-13-14-19)27(29(36)38-7-2)35(24)17-18-12-15-23-21(16-18)25(32)28(39-23)20-10-8-9-11-22(20)33-30(37)40-31(3,4)5/h8-12,15-16,19H,6-7,13-14,17H2,1-5H3,(H,33,37). The number of nitrogens with one attached hydrogen (secondary N) is 1. The first-order valence-electron chi connectivity index (χ1n) is 13.7. The molecule has 2 aromatic carbocycles. The second-order valence-corrected chi connectivity index (χ2v) is 11.3. The number of fused-ring (bicyclic) bond motifs is 1. The molecule has 0 radical (unpaired) electrons. The van der Waals surface area contributed by atoms with Gasteiger partial charge in [0.05, 0.1) is 23.0 Å². The van der Waals surface area contributed by atoms with Gasteiger partial charge in [-0.3, -0.25) is 5.32 Å². The van der Waals surface area contributed by atoms with Crippen molar-refractivity contribution in [3.05, 3.63) is 70.3 Å². The summed E-state index contributed by atoms with van der Waals surface area (Å²) in [6.07, 6.45) is 2.20. The van der Waals surface area contributed by atoms with Crippen LogP contribution in [0.3, 0.4) is 0 Å². The monoisotopic (exact) mass is 563 g/mol. The van der Waals surface area contributed by atoms with Crippen molar-refractivity contribution >= 4 is 40.3 Å². The van der Waals surface area contributed by atoms with Crippen LogP contribution >= 0.6 is 11.6 Å². The van der Waals surface area contributed by atoms with E-state index in [1.54, 1.807) is 6.07 Å². The third-order valence-electron chi connectivity index (χ3n) is 6.66. The first kappa shape index (κ1) is 27.8. The highest BCUT2D eigenvalue weighted by Crippen LogP contribution is 2.43. The summed E-state index contributed by atoms with van der Waals surface area (Å²) < 4.78 is 19.0. The lowest BCUT2D eigenvalue weighted by Crippen LogP contribution is -2.27. The summed E-state index contributed by atoms with van der Waals surface area (Å²) in [5.74, 6) is 1.27. The fraction of sp³-hybridized carbons (Fsp3) is 0.387. The molecular weight excluding hydrogens is 530 g/mol. The van der Waals surface area contributed by atoms with Gasteiger partial charge in [-0.2, -0.15) is 0 Å². The minimum atomic E-state index is -0.633. The number of carbonyl (C=O) groups excluding carboxylic acids is 2. The molecule has 9 heteroatoms. The van der Waals surface area contributed by atoms with E-state index in [1.807, 2.05) is 75.6 Å². The largest absolute Gasteiger partial charge is 0.461 e. The number of amides is 1. The van der Waals surface area contributed by atoms with Crippen molar-refractivity contribution in [3.8, 4) is 11.3 Å². The number of hydrogen-bond acceptors (Lipinski definition) is 6. The molecule has 0 atom stereocenters. The molecule has 0 aliphatic heterocycles. The number of furan rings is 1. The number of anilines is 1. The Bertz CT molecular complexity index is 1580. The van der Waals surface area contributed by atoms with Crippen LogP contribution in [0.2, 0.25) is 5.02 Å². The number of para-hydroxylation sites is 1. The molecule has 8 nitrogen and oxygen atoms in total. The number of rotatable bonds is 8. The van der Waals surface area contributed by atoms with Crippen molar-refractivity contribution in [2.45, 2.75) is 71.9 Å². The Morgan fingerprint density at radius 2 is 1.90 bits per heavy atom. The van der Waals surface area contributed by atoms with E-state index in [-0.39, 0.29) is 5.97 Å². The molecule has 4 aromatic rings. The lowest BCUT2D eigenvalue weighted by molar-refractivity contribution is 0.0511. The zero-order chi connectivity index (χ0) is 28.6. The van der Waals surface area contributed by atoms with Gasteiger partial charge in [-0.05, 0) is 70.4 Å². The van der Waals surface area contributed by atoms with Crippen LogP contribution in [-0.4, -0.2) is 33.8 Å². The Morgan fingerprint density at radius 3 is 2.58 bits per heavy atom. The second-order valence-electron chi connectivity index (χ2n) is 10.9. The van der Waals surface area contributed by atoms with Crippen molar-refractivity contribution in [1.82, 2.24) is 9.55 Å². The van der Waals surface area contributed by atoms with Gasteiger partial charge in [-0.15, -0.1) is 0 Å². The minimum absolute atomic E-state index is 0.305. The maximum atomic E-state index is 13.0. The van der Waals surface area contributed by atoms with Crippen LogP contribution < -0.4 is 5.32 Å². The van der Waals surface area contributed by atoms with Crippen LogP contribution in [0.4, 0.5) is 10.5 Å². The number of aryl methyl sites for hydroxylation is 1. The van der Waals surface area contributed by atoms with Gasteiger partial charge < -0.3 is 18.5 Å². The number of benzene rings is 2. The van der Waals surface area contributed by atoms with Crippen LogP contribution in [0.1, 0.15) is 80.9 Å². The number of esters is 1. The Labute approximate surface area is 238 Å². The van der Waals surface area contributed by atoms with Gasteiger partial charge in [0.15, 0.2) is 11.5 Å². The van der Waals surface area contributed by atoms with Crippen LogP contribution in [0.25, 0.3) is 22.3 Å². The number of halogens is 1. The summed E-state index contributed by atoms with van der Waals surface area (Å²) >= 11 is 6.89. The van der Waals surface area contributed by atoms with Gasteiger partial charge in [-0.25, -0.2) is 14.6 Å². The fourth-order valence-electron chi connectivity index (χ4n) is 4.79. The van der Waals surface area contributed by atoms with Gasteiger partial charge in [0, 0.05) is 29.8 Å². The van der Waals surface area contributed by atoms with Crippen molar-refractivity contribution < 1.29 is 23.5 Å². The molecule has 1 aliphatic rings. The van der Waals surface area contributed by atoms with E-state index in [2.05, 4.69) is 5.32 Å². The summed E-state index contributed by atoms with van der Waals surface area (Å²) in [4.78, 5) is 30.3. The summed E-state index contributed by atoms with van der Waals surface area (Å²) in [5, 5.41) is 3.97. The number of aromatic nitrogens is 2. The topological polar surface area (TPSA) is 95.6 Å². The summed E-state index contributed by atoms with van der Waals surface area (Å²) in [6, 6.07) is 13.1. The average Bonchev–Trinajstić information content (AvgIpc) is 3.61. The number of carbonyl (C=O) groups is 2. The molecule has 1 N–H and O–H groups in total. The summed E-state index contributed by atoms with van der Waals surface area (Å²) in [7, 11) is 0. The Balaban J connectivity index is 1.50. The molecule has 5 rings (SSSR count). The third kappa shape index (κ3) is 5.72. The average molecular weight is 564 g/mol. The maximum Gasteiger partial charge on any atom is 0.412 e. The van der Waals surface area contributed by atoms with E-state index in [4.69, 9.17) is 30.5 Å². The molecule has 0 bridgehead atoms. The second kappa shape index (κ2) is 11.0. The van der Waals surface area contributed by atoms with E-state index in [0.717, 1.165) is 35.3 Å². The first-order valence-corrected chi connectivity index (χ1v) is 14.0. The highest BCUT2D eigenvalue weighted by Gasteiger charge is 2.34. The highest BCUT2D eigenvalue weighted by atomic mass is 35.5. The zero-order valence-corrected chi connectivity index (χ0v) is 24.2. The fourth-order valence-corrected chi connectivity index (χ4v) is 5.08. The molecule has 1 aliphatic carbocycles. The lowest BCUT2D eigenvalue weighted by Gasteiger charge is -2.20.